The van der Waals surface area contributed by atoms with Gasteiger partial charge in [-0.15, -0.1) is 0 Å². The molecule has 1 heterocycles. The number of carbonyl (C=O) groups is 2. The number of amides is 2. The fourth-order valence-electron chi connectivity index (χ4n) is 7.10. The molecule has 1 aromatic carbocycles. The van der Waals surface area contributed by atoms with Gasteiger partial charge in [0.05, 0.1) is 6.04 Å². The van der Waals surface area contributed by atoms with Crippen molar-refractivity contribution in [3.8, 4) is 0 Å². The number of hydrogen-bond acceptors (Lipinski definition) is 4. The van der Waals surface area contributed by atoms with Crippen LogP contribution in [-0.2, 0) is 15.0 Å². The minimum Gasteiger partial charge on any atom is -0.354 e. The zero-order valence-electron chi connectivity index (χ0n) is 23.7. The van der Waals surface area contributed by atoms with Gasteiger partial charge in [-0.2, -0.15) is 0 Å². The normalized spacial score (nSPS) is 25.6. The van der Waals surface area contributed by atoms with Gasteiger partial charge in [-0.3, -0.25) is 14.6 Å². The molecule has 39 heavy (non-hydrogen) atoms. The summed E-state index contributed by atoms with van der Waals surface area (Å²) in [7, 11) is 0. The summed E-state index contributed by atoms with van der Waals surface area (Å²) in [5.74, 6) is 0.281. The summed E-state index contributed by atoms with van der Waals surface area (Å²) in [6, 6.07) is 9.61. The number of pyridine rings is 1. The van der Waals surface area contributed by atoms with Crippen molar-refractivity contribution in [1.82, 2.24) is 10.3 Å². The first-order chi connectivity index (χ1) is 18.6. The minimum absolute atomic E-state index is 0.0303. The van der Waals surface area contributed by atoms with E-state index >= 15 is 0 Å². The van der Waals surface area contributed by atoms with Gasteiger partial charge in [0.1, 0.15) is 5.82 Å². The molecule has 0 radical (unpaired) electrons. The predicted molar refractivity (Wildman–Crippen MR) is 153 cm³/mol. The summed E-state index contributed by atoms with van der Waals surface area (Å²) < 4.78 is 13.6. The number of nitrogens with one attached hydrogen (secondary N) is 2. The third-order valence-electron chi connectivity index (χ3n) is 9.06. The van der Waals surface area contributed by atoms with Crippen LogP contribution in [0.25, 0.3) is 0 Å². The number of hydrogen-bond donors (Lipinski definition) is 3. The number of halogens is 1. The first-order valence-corrected chi connectivity index (χ1v) is 14.6. The smallest absolute Gasteiger partial charge is 0.237 e. The maximum atomic E-state index is 13.6. The van der Waals surface area contributed by atoms with E-state index in [-0.39, 0.29) is 29.0 Å². The zero-order chi connectivity index (χ0) is 28.0. The van der Waals surface area contributed by atoms with E-state index in [2.05, 4.69) is 29.5 Å². The molecule has 4 atom stereocenters. The Morgan fingerprint density at radius 3 is 2.36 bits per heavy atom. The Morgan fingerprint density at radius 1 is 1.05 bits per heavy atom. The first-order valence-electron chi connectivity index (χ1n) is 14.6. The van der Waals surface area contributed by atoms with Crippen molar-refractivity contribution in [3.63, 3.8) is 0 Å². The van der Waals surface area contributed by atoms with E-state index in [1.54, 1.807) is 24.5 Å². The molecule has 2 amide bonds. The van der Waals surface area contributed by atoms with Crippen LogP contribution in [0.1, 0.15) is 84.1 Å². The highest BCUT2D eigenvalue weighted by Gasteiger charge is 2.45. The molecule has 2 aromatic rings. The highest BCUT2D eigenvalue weighted by molar-refractivity contribution is 5.95. The van der Waals surface area contributed by atoms with Crippen molar-refractivity contribution in [3.05, 3.63) is 60.2 Å². The average molecular weight is 537 g/mol. The topological polar surface area (TPSA) is 97.1 Å². The number of carbonyl (C=O) groups excluding carboxylic acids is 2. The Hall–Kier alpha value is -2.80. The predicted octanol–water partition coefficient (Wildman–Crippen LogP) is 5.97. The number of benzene rings is 1. The fourth-order valence-corrected chi connectivity index (χ4v) is 7.10. The van der Waals surface area contributed by atoms with Crippen LogP contribution in [0.3, 0.4) is 0 Å². The number of nitrogens with zero attached hydrogens (tertiary/aromatic N) is 1. The number of anilines is 1. The van der Waals surface area contributed by atoms with Crippen molar-refractivity contribution in [2.24, 2.45) is 28.9 Å². The molecular formula is C32H45FN4O2. The van der Waals surface area contributed by atoms with Crippen molar-refractivity contribution in [2.45, 2.75) is 90.0 Å². The molecule has 0 aliphatic heterocycles. The van der Waals surface area contributed by atoms with Gasteiger partial charge in [0.2, 0.25) is 11.8 Å². The van der Waals surface area contributed by atoms with Crippen LogP contribution < -0.4 is 16.4 Å². The van der Waals surface area contributed by atoms with Gasteiger partial charge in [0, 0.05) is 35.5 Å². The van der Waals surface area contributed by atoms with Crippen LogP contribution in [0.4, 0.5) is 10.1 Å². The van der Waals surface area contributed by atoms with E-state index in [0.717, 1.165) is 56.2 Å². The third-order valence-corrected chi connectivity index (χ3v) is 9.06. The second-order valence-corrected chi connectivity index (χ2v) is 12.7. The van der Waals surface area contributed by atoms with Crippen LogP contribution >= 0.6 is 0 Å². The first kappa shape index (κ1) is 29.2. The van der Waals surface area contributed by atoms with Crippen LogP contribution in [0.2, 0.25) is 0 Å². The Bertz CT molecular complexity index is 1100. The average Bonchev–Trinajstić information content (AvgIpc) is 2.92. The van der Waals surface area contributed by atoms with Gasteiger partial charge in [0.25, 0.3) is 0 Å². The molecule has 0 spiro atoms. The molecule has 6 nitrogen and oxygen atoms in total. The molecule has 2 aliphatic carbocycles. The summed E-state index contributed by atoms with van der Waals surface area (Å²) in [6.45, 7) is 6.90. The van der Waals surface area contributed by atoms with Crippen molar-refractivity contribution in [2.75, 3.05) is 11.9 Å². The van der Waals surface area contributed by atoms with E-state index in [9.17, 15) is 14.0 Å². The fraction of sp³-hybridized carbons (Fsp3) is 0.594. The van der Waals surface area contributed by atoms with Gasteiger partial charge >= 0.3 is 0 Å². The number of rotatable bonds is 9. The largest absolute Gasteiger partial charge is 0.354 e. The highest BCUT2D eigenvalue weighted by atomic mass is 19.1. The molecule has 1 aromatic heterocycles. The summed E-state index contributed by atoms with van der Waals surface area (Å²) in [5.41, 5.74) is 7.65. The molecule has 0 saturated heterocycles. The van der Waals surface area contributed by atoms with Crippen LogP contribution in [0.15, 0.2) is 48.8 Å². The Balaban J connectivity index is 1.47. The van der Waals surface area contributed by atoms with E-state index in [0.29, 0.717) is 24.8 Å². The summed E-state index contributed by atoms with van der Waals surface area (Å²) in [6.07, 6.45) is 11.8. The lowest BCUT2D eigenvalue weighted by Crippen LogP contribution is -2.53. The molecule has 4 rings (SSSR count). The molecule has 7 heteroatoms. The lowest BCUT2D eigenvalue weighted by Gasteiger charge is -2.43. The van der Waals surface area contributed by atoms with Crippen molar-refractivity contribution >= 4 is 17.5 Å². The maximum Gasteiger partial charge on any atom is 0.237 e. The Kier molecular flexibility index (Phi) is 9.42. The van der Waals surface area contributed by atoms with E-state index in [1.165, 1.54) is 18.6 Å². The number of nitrogens with two attached hydrogens (primary N) is 1. The highest BCUT2D eigenvalue weighted by Crippen LogP contribution is 2.46. The SMILES string of the molecule is CC(C)CC1CC(C(N)C(=O)NCC2(c3ccc(F)cc3)CCCCC2)CC(C)(C(=O)Nc2ccncc2)C1. The van der Waals surface area contributed by atoms with Gasteiger partial charge in [0.15, 0.2) is 0 Å². The lowest BCUT2D eigenvalue weighted by atomic mass is 9.62. The molecular weight excluding hydrogens is 491 g/mol. The van der Waals surface area contributed by atoms with Crippen LogP contribution in [0, 0.1) is 29.0 Å². The summed E-state index contributed by atoms with van der Waals surface area (Å²) >= 11 is 0. The molecule has 212 valence electrons. The monoisotopic (exact) mass is 536 g/mol. The molecule has 0 bridgehead atoms. The van der Waals surface area contributed by atoms with Gasteiger partial charge in [-0.25, -0.2) is 4.39 Å². The van der Waals surface area contributed by atoms with Gasteiger partial charge in [-0.1, -0.05) is 52.2 Å². The van der Waals surface area contributed by atoms with Crippen LogP contribution in [-0.4, -0.2) is 29.4 Å². The van der Waals surface area contributed by atoms with Gasteiger partial charge < -0.3 is 16.4 Å². The second-order valence-electron chi connectivity index (χ2n) is 12.7. The molecule has 2 saturated carbocycles. The summed E-state index contributed by atoms with van der Waals surface area (Å²) in [4.78, 5) is 31.1. The van der Waals surface area contributed by atoms with E-state index in [4.69, 9.17) is 5.73 Å². The maximum absolute atomic E-state index is 13.6. The van der Waals surface area contributed by atoms with Crippen molar-refractivity contribution < 1.29 is 14.0 Å². The van der Waals surface area contributed by atoms with Crippen LogP contribution in [0.5, 0.6) is 0 Å². The molecule has 4 unspecified atom stereocenters. The second kappa shape index (κ2) is 12.6. The Morgan fingerprint density at radius 2 is 1.72 bits per heavy atom. The molecule has 4 N–H and O–H groups in total. The zero-order valence-corrected chi connectivity index (χ0v) is 23.7. The van der Waals surface area contributed by atoms with E-state index in [1.807, 2.05) is 19.1 Å². The summed E-state index contributed by atoms with van der Waals surface area (Å²) in [5, 5.41) is 6.25. The van der Waals surface area contributed by atoms with E-state index < -0.39 is 11.5 Å². The van der Waals surface area contributed by atoms with Crippen molar-refractivity contribution in [1.29, 1.82) is 0 Å². The lowest BCUT2D eigenvalue weighted by molar-refractivity contribution is -0.131. The Labute approximate surface area is 232 Å². The minimum atomic E-state index is -0.693. The third kappa shape index (κ3) is 7.24. The van der Waals surface area contributed by atoms with Gasteiger partial charge in [-0.05, 0) is 86.1 Å². The molecule has 2 aliphatic rings. The quantitative estimate of drug-likeness (QED) is 0.368. The standard InChI is InChI=1S/C32H45FN4O2/c1-22(2)17-23-18-24(20-31(3,19-23)30(39)37-27-11-15-35-16-12-27)28(34)29(38)36-21-32(13-5-4-6-14-32)25-7-9-26(33)10-8-25/h7-12,15-16,22-24,28H,4-6,13-14,17-21,34H2,1-3H3,(H,36,38)(H,35,37,39). The number of aromatic nitrogens is 1. The molecule has 2 fully saturated rings.